The second kappa shape index (κ2) is 9.25. The number of carbonyl (C=O) groups is 1. The van der Waals surface area contributed by atoms with E-state index in [0.717, 1.165) is 17.0 Å². The molecule has 4 rings (SSSR count). The second-order valence-corrected chi connectivity index (χ2v) is 6.74. The minimum absolute atomic E-state index is 0.369. The molecule has 2 aromatic carbocycles. The Bertz CT molecular complexity index is 1240. The number of rotatable bonds is 7. The fourth-order valence-electron chi connectivity index (χ4n) is 3.25. The Morgan fingerprint density at radius 1 is 0.969 bits per heavy atom. The molecular formula is C23H23N5O4. The lowest BCUT2D eigenvalue weighted by molar-refractivity contribution is 0.262. The van der Waals surface area contributed by atoms with Crippen LogP contribution in [0.3, 0.4) is 0 Å². The van der Waals surface area contributed by atoms with E-state index in [9.17, 15) is 4.79 Å². The summed E-state index contributed by atoms with van der Waals surface area (Å²) in [6.45, 7) is 2.50. The molecule has 0 aliphatic heterocycles. The van der Waals surface area contributed by atoms with Gasteiger partial charge in [0.25, 0.3) is 0 Å². The summed E-state index contributed by atoms with van der Waals surface area (Å²) in [4.78, 5) is 16.8. The van der Waals surface area contributed by atoms with Gasteiger partial charge in [-0.15, -0.1) is 5.10 Å². The van der Waals surface area contributed by atoms with Crippen LogP contribution >= 0.6 is 0 Å². The maximum Gasteiger partial charge on any atom is 0.324 e. The third-order valence-electron chi connectivity index (χ3n) is 4.70. The zero-order valence-electron chi connectivity index (χ0n) is 18.0. The molecule has 0 fully saturated rings. The topological polar surface area (TPSA) is 99.0 Å². The highest BCUT2D eigenvalue weighted by Crippen LogP contribution is 2.32. The Labute approximate surface area is 184 Å². The van der Waals surface area contributed by atoms with Gasteiger partial charge in [0.2, 0.25) is 0 Å². The number of fused-ring (bicyclic) bond motifs is 1. The Morgan fingerprint density at radius 3 is 2.47 bits per heavy atom. The third-order valence-corrected chi connectivity index (χ3v) is 4.70. The molecule has 9 nitrogen and oxygen atoms in total. The lowest BCUT2D eigenvalue weighted by Crippen LogP contribution is -2.19. The third kappa shape index (κ3) is 4.41. The predicted octanol–water partition coefficient (Wildman–Crippen LogP) is 4.46. The summed E-state index contributed by atoms with van der Waals surface area (Å²) in [6, 6.07) is 15.8. The normalized spacial score (nSPS) is 10.6. The Balaban J connectivity index is 1.55. The summed E-state index contributed by atoms with van der Waals surface area (Å²) in [5.41, 5.74) is 2.88. The molecule has 2 heterocycles. The molecule has 0 unspecified atom stereocenters. The summed E-state index contributed by atoms with van der Waals surface area (Å²) >= 11 is 0. The van der Waals surface area contributed by atoms with Gasteiger partial charge >= 0.3 is 6.03 Å². The molecule has 32 heavy (non-hydrogen) atoms. The van der Waals surface area contributed by atoms with E-state index >= 15 is 0 Å². The number of nitrogens with zero attached hydrogens (tertiary/aromatic N) is 3. The molecule has 0 radical (unpaired) electrons. The largest absolute Gasteiger partial charge is 0.494 e. The summed E-state index contributed by atoms with van der Waals surface area (Å²) in [5.74, 6) is 2.35. The molecule has 9 heteroatoms. The van der Waals surface area contributed by atoms with Crippen LogP contribution in [0.2, 0.25) is 0 Å². The smallest absolute Gasteiger partial charge is 0.324 e. The zero-order valence-corrected chi connectivity index (χ0v) is 18.0. The number of ether oxygens (including phenoxy) is 3. The van der Waals surface area contributed by atoms with E-state index in [0.29, 0.717) is 35.3 Å². The van der Waals surface area contributed by atoms with Gasteiger partial charge < -0.3 is 19.5 Å². The zero-order chi connectivity index (χ0) is 22.5. The molecule has 0 aliphatic carbocycles. The fourth-order valence-corrected chi connectivity index (χ4v) is 3.25. The van der Waals surface area contributed by atoms with Crippen molar-refractivity contribution in [2.24, 2.45) is 0 Å². The van der Waals surface area contributed by atoms with Crippen LogP contribution in [0.15, 0.2) is 60.8 Å². The average molecular weight is 433 g/mol. The fraction of sp³-hybridized carbons (Fsp3) is 0.174. The minimum atomic E-state index is -0.412. The van der Waals surface area contributed by atoms with E-state index in [4.69, 9.17) is 14.2 Å². The van der Waals surface area contributed by atoms with Crippen LogP contribution < -0.4 is 24.8 Å². The average Bonchev–Trinajstić information content (AvgIpc) is 3.22. The van der Waals surface area contributed by atoms with Crippen molar-refractivity contribution in [1.82, 2.24) is 14.6 Å². The Morgan fingerprint density at radius 2 is 1.75 bits per heavy atom. The van der Waals surface area contributed by atoms with Crippen molar-refractivity contribution in [3.63, 3.8) is 0 Å². The molecule has 4 aromatic rings. The van der Waals surface area contributed by atoms with Gasteiger partial charge in [0.05, 0.1) is 26.5 Å². The minimum Gasteiger partial charge on any atom is -0.494 e. The molecule has 0 saturated heterocycles. The van der Waals surface area contributed by atoms with Gasteiger partial charge in [-0.2, -0.15) is 0 Å². The van der Waals surface area contributed by atoms with Crippen molar-refractivity contribution >= 4 is 23.2 Å². The van der Waals surface area contributed by atoms with Gasteiger partial charge in [0, 0.05) is 23.5 Å². The Kier molecular flexibility index (Phi) is 6.07. The van der Waals surface area contributed by atoms with Crippen LogP contribution in [-0.4, -0.2) is 41.5 Å². The van der Waals surface area contributed by atoms with Gasteiger partial charge in [0.1, 0.15) is 5.75 Å². The monoisotopic (exact) mass is 433 g/mol. The number of urea groups is 1. The van der Waals surface area contributed by atoms with Gasteiger partial charge in [-0.1, -0.05) is 0 Å². The number of aromatic nitrogens is 3. The Hall–Kier alpha value is -4.27. The molecule has 0 aliphatic rings. The van der Waals surface area contributed by atoms with Crippen LogP contribution in [-0.2, 0) is 0 Å². The van der Waals surface area contributed by atoms with E-state index in [1.807, 2.05) is 31.2 Å². The first-order valence-electron chi connectivity index (χ1n) is 9.99. The molecule has 0 spiro atoms. The lowest BCUT2D eigenvalue weighted by Gasteiger charge is -2.10. The van der Waals surface area contributed by atoms with Gasteiger partial charge in [0.15, 0.2) is 23.0 Å². The lowest BCUT2D eigenvalue weighted by atomic mass is 10.1. The van der Waals surface area contributed by atoms with E-state index in [-0.39, 0.29) is 0 Å². The van der Waals surface area contributed by atoms with Crippen molar-refractivity contribution in [3.05, 3.63) is 60.8 Å². The van der Waals surface area contributed by atoms with Crippen molar-refractivity contribution in [1.29, 1.82) is 0 Å². The van der Waals surface area contributed by atoms with Crippen LogP contribution in [0.5, 0.6) is 17.2 Å². The van der Waals surface area contributed by atoms with Gasteiger partial charge in [-0.3, -0.25) is 5.32 Å². The van der Waals surface area contributed by atoms with Crippen LogP contribution in [0.1, 0.15) is 6.92 Å². The molecule has 164 valence electrons. The van der Waals surface area contributed by atoms with E-state index in [1.165, 1.54) is 0 Å². The number of hydrogen-bond acceptors (Lipinski definition) is 6. The summed E-state index contributed by atoms with van der Waals surface area (Å²) in [5, 5.41) is 10.0. The molecule has 2 N–H and O–H groups in total. The standard InChI is InChI=1S/C23H23N5O4/c1-4-32-17-8-6-16(7-9-17)25-23(29)26-21-14-22-24-12-11-18(28(22)27-21)15-5-10-19(30-2)20(13-15)31-3/h5-14H,4H2,1-3H3,(H2,25,26,27,29). The molecular weight excluding hydrogens is 410 g/mol. The first-order valence-corrected chi connectivity index (χ1v) is 9.99. The molecule has 0 saturated carbocycles. The number of amides is 2. The highest BCUT2D eigenvalue weighted by atomic mass is 16.5. The van der Waals surface area contributed by atoms with Crippen LogP contribution in [0.25, 0.3) is 16.9 Å². The number of anilines is 2. The summed E-state index contributed by atoms with van der Waals surface area (Å²) in [7, 11) is 3.18. The van der Waals surface area contributed by atoms with Crippen LogP contribution in [0.4, 0.5) is 16.3 Å². The number of benzene rings is 2. The number of carbonyl (C=O) groups excluding carboxylic acids is 1. The molecule has 2 amide bonds. The maximum absolute atomic E-state index is 12.4. The van der Waals surface area contributed by atoms with Crippen molar-refractivity contribution in [2.75, 3.05) is 31.5 Å². The van der Waals surface area contributed by atoms with E-state index in [2.05, 4.69) is 20.7 Å². The van der Waals surface area contributed by atoms with E-state index in [1.54, 1.807) is 55.3 Å². The quantitative estimate of drug-likeness (QED) is 0.447. The number of nitrogens with one attached hydrogen (secondary N) is 2. The van der Waals surface area contributed by atoms with Crippen molar-refractivity contribution in [2.45, 2.75) is 6.92 Å². The summed E-state index contributed by atoms with van der Waals surface area (Å²) in [6.07, 6.45) is 1.69. The molecule has 0 atom stereocenters. The molecule has 2 aromatic heterocycles. The predicted molar refractivity (Wildman–Crippen MR) is 122 cm³/mol. The highest BCUT2D eigenvalue weighted by molar-refractivity contribution is 5.99. The summed E-state index contributed by atoms with van der Waals surface area (Å²) < 4.78 is 17.8. The molecule has 0 bridgehead atoms. The highest BCUT2D eigenvalue weighted by Gasteiger charge is 2.13. The first kappa shape index (κ1) is 21.0. The maximum atomic E-state index is 12.4. The number of methoxy groups -OCH3 is 2. The van der Waals surface area contributed by atoms with Gasteiger partial charge in [-0.25, -0.2) is 14.3 Å². The van der Waals surface area contributed by atoms with Gasteiger partial charge in [-0.05, 0) is 55.5 Å². The van der Waals surface area contributed by atoms with Crippen molar-refractivity contribution < 1.29 is 19.0 Å². The van der Waals surface area contributed by atoms with Crippen LogP contribution in [0, 0.1) is 0 Å². The SMILES string of the molecule is CCOc1ccc(NC(=O)Nc2cc3nccc(-c4ccc(OC)c(OC)c4)n3n2)cc1. The van der Waals surface area contributed by atoms with E-state index < -0.39 is 6.03 Å². The first-order chi connectivity index (χ1) is 15.6. The second-order valence-electron chi connectivity index (χ2n) is 6.74. The van der Waals surface area contributed by atoms with Crippen molar-refractivity contribution in [3.8, 4) is 28.5 Å². The number of hydrogen-bond donors (Lipinski definition) is 2.